The van der Waals surface area contributed by atoms with E-state index in [0.29, 0.717) is 17.3 Å². The van der Waals surface area contributed by atoms with Crippen LogP contribution in [0.1, 0.15) is 43.0 Å². The van der Waals surface area contributed by atoms with Crippen molar-refractivity contribution in [3.05, 3.63) is 36.0 Å². The minimum atomic E-state index is 0.0414. The van der Waals surface area contributed by atoms with Crippen LogP contribution in [0.3, 0.4) is 0 Å². The van der Waals surface area contributed by atoms with Crippen molar-refractivity contribution in [1.82, 2.24) is 15.2 Å². The van der Waals surface area contributed by atoms with E-state index >= 15 is 0 Å². The van der Waals surface area contributed by atoms with Crippen molar-refractivity contribution in [2.45, 2.75) is 32.6 Å². The summed E-state index contributed by atoms with van der Waals surface area (Å²) in [6.45, 7) is 3.51. The predicted octanol–water partition coefficient (Wildman–Crippen LogP) is 3.20. The molecule has 1 N–H and O–H groups in total. The number of rotatable bonds is 4. The molecule has 2 aromatic rings. The third kappa shape index (κ3) is 4.03. The highest BCUT2D eigenvalue weighted by Crippen LogP contribution is 2.19. The third-order valence-electron chi connectivity index (χ3n) is 3.98. The van der Waals surface area contributed by atoms with Gasteiger partial charge in [0.1, 0.15) is 0 Å². The molecular formula is C17H21N5O. The number of benzene rings is 1. The molecule has 120 valence electrons. The minimum Gasteiger partial charge on any atom is -0.339 e. The first-order valence-electron chi connectivity index (χ1n) is 8.05. The van der Waals surface area contributed by atoms with Crippen LogP contribution in [0.15, 0.2) is 30.5 Å². The molecule has 6 heteroatoms. The van der Waals surface area contributed by atoms with Gasteiger partial charge < -0.3 is 10.2 Å². The predicted molar refractivity (Wildman–Crippen MR) is 90.2 cm³/mol. The number of carbonyl (C=O) groups excluding carboxylic acids is 1. The Hall–Kier alpha value is -2.50. The van der Waals surface area contributed by atoms with E-state index in [1.807, 2.05) is 18.2 Å². The maximum absolute atomic E-state index is 11.5. The summed E-state index contributed by atoms with van der Waals surface area (Å²) in [5.41, 5.74) is 1.49. The number of carbonyl (C=O) groups is 1. The second kappa shape index (κ2) is 7.17. The second-order valence-electron chi connectivity index (χ2n) is 5.80. The topological polar surface area (TPSA) is 71.0 Å². The quantitative estimate of drug-likeness (QED) is 0.874. The van der Waals surface area contributed by atoms with Crippen LogP contribution in [0.4, 0.5) is 17.5 Å². The largest absolute Gasteiger partial charge is 0.339 e. The van der Waals surface area contributed by atoms with E-state index in [9.17, 15) is 4.79 Å². The van der Waals surface area contributed by atoms with Gasteiger partial charge in [0, 0.05) is 24.3 Å². The van der Waals surface area contributed by atoms with E-state index in [-0.39, 0.29) is 5.78 Å². The molecule has 6 nitrogen and oxygen atoms in total. The SMILES string of the molecule is CC(=O)c1cccc(Nc2cnnc(N3CCCCCC3)n2)c1. The lowest BCUT2D eigenvalue weighted by Gasteiger charge is -2.19. The summed E-state index contributed by atoms with van der Waals surface area (Å²) in [6, 6.07) is 7.37. The zero-order valence-electron chi connectivity index (χ0n) is 13.3. The molecule has 1 aliphatic rings. The molecule has 0 unspecified atom stereocenters. The monoisotopic (exact) mass is 311 g/mol. The third-order valence-corrected chi connectivity index (χ3v) is 3.98. The molecule has 2 heterocycles. The Morgan fingerprint density at radius 3 is 2.70 bits per heavy atom. The lowest BCUT2D eigenvalue weighted by Crippen LogP contribution is -2.26. The molecule has 23 heavy (non-hydrogen) atoms. The van der Waals surface area contributed by atoms with Gasteiger partial charge in [-0.05, 0) is 31.9 Å². The lowest BCUT2D eigenvalue weighted by molar-refractivity contribution is 0.101. The molecule has 1 aromatic heterocycles. The van der Waals surface area contributed by atoms with Gasteiger partial charge in [-0.2, -0.15) is 10.1 Å². The Kier molecular flexibility index (Phi) is 4.80. The molecule has 1 fully saturated rings. The van der Waals surface area contributed by atoms with Gasteiger partial charge in [0.2, 0.25) is 5.95 Å². The van der Waals surface area contributed by atoms with E-state index in [2.05, 4.69) is 25.4 Å². The number of anilines is 3. The van der Waals surface area contributed by atoms with Gasteiger partial charge in [-0.3, -0.25) is 4.79 Å². The summed E-state index contributed by atoms with van der Waals surface area (Å²) in [5, 5.41) is 11.4. The van der Waals surface area contributed by atoms with E-state index in [4.69, 9.17) is 0 Å². The van der Waals surface area contributed by atoms with Gasteiger partial charge in [0.05, 0.1) is 6.20 Å². The summed E-state index contributed by atoms with van der Waals surface area (Å²) < 4.78 is 0. The summed E-state index contributed by atoms with van der Waals surface area (Å²) >= 11 is 0. The van der Waals surface area contributed by atoms with Gasteiger partial charge >= 0.3 is 0 Å². The fourth-order valence-corrected chi connectivity index (χ4v) is 2.72. The molecule has 0 atom stereocenters. The average Bonchev–Trinajstić information content (AvgIpc) is 2.85. The van der Waals surface area contributed by atoms with Gasteiger partial charge in [0.25, 0.3) is 0 Å². The van der Waals surface area contributed by atoms with Crippen LogP contribution in [0, 0.1) is 0 Å². The molecule has 0 spiro atoms. The van der Waals surface area contributed by atoms with E-state index in [0.717, 1.165) is 18.8 Å². The van der Waals surface area contributed by atoms with Crippen LogP contribution >= 0.6 is 0 Å². The van der Waals surface area contributed by atoms with E-state index in [1.54, 1.807) is 19.2 Å². The van der Waals surface area contributed by atoms with Gasteiger partial charge in [-0.1, -0.05) is 25.0 Å². The van der Waals surface area contributed by atoms with Crippen molar-refractivity contribution >= 4 is 23.2 Å². The molecule has 1 aromatic carbocycles. The van der Waals surface area contributed by atoms with Crippen molar-refractivity contribution in [2.75, 3.05) is 23.3 Å². The second-order valence-corrected chi connectivity index (χ2v) is 5.80. The first kappa shape index (κ1) is 15.4. The van der Waals surface area contributed by atoms with E-state index < -0.39 is 0 Å². The number of nitrogens with one attached hydrogen (secondary N) is 1. The first-order chi connectivity index (χ1) is 11.2. The number of ketones is 1. The molecule has 0 saturated carbocycles. The molecule has 3 rings (SSSR count). The van der Waals surface area contributed by atoms with Gasteiger partial charge in [-0.15, -0.1) is 5.10 Å². The first-order valence-corrected chi connectivity index (χ1v) is 8.05. The molecule has 0 radical (unpaired) electrons. The van der Waals surface area contributed by atoms with Crippen LogP contribution in [0.5, 0.6) is 0 Å². The Morgan fingerprint density at radius 1 is 1.17 bits per heavy atom. The Bertz CT molecular complexity index is 680. The Morgan fingerprint density at radius 2 is 1.96 bits per heavy atom. The highest BCUT2D eigenvalue weighted by Gasteiger charge is 2.13. The maximum Gasteiger partial charge on any atom is 0.247 e. The molecule has 0 bridgehead atoms. The highest BCUT2D eigenvalue weighted by atomic mass is 16.1. The van der Waals surface area contributed by atoms with Gasteiger partial charge in [-0.25, -0.2) is 0 Å². The normalized spacial score (nSPS) is 15.1. The smallest absolute Gasteiger partial charge is 0.247 e. The highest BCUT2D eigenvalue weighted by molar-refractivity contribution is 5.95. The van der Waals surface area contributed by atoms with E-state index in [1.165, 1.54) is 25.7 Å². The van der Waals surface area contributed by atoms with Crippen molar-refractivity contribution in [3.63, 3.8) is 0 Å². The molecule has 0 amide bonds. The summed E-state index contributed by atoms with van der Waals surface area (Å²) in [6.07, 6.45) is 6.46. The number of hydrogen-bond donors (Lipinski definition) is 1. The van der Waals surface area contributed by atoms with Crippen molar-refractivity contribution in [3.8, 4) is 0 Å². The molecule has 1 aliphatic heterocycles. The number of Topliss-reactive ketones (excluding diaryl/α,β-unsaturated/α-hetero) is 1. The van der Waals surface area contributed by atoms with Crippen molar-refractivity contribution in [1.29, 1.82) is 0 Å². The fourth-order valence-electron chi connectivity index (χ4n) is 2.72. The zero-order valence-corrected chi connectivity index (χ0v) is 13.3. The number of hydrogen-bond acceptors (Lipinski definition) is 6. The average molecular weight is 311 g/mol. The summed E-state index contributed by atoms with van der Waals surface area (Å²) in [5.74, 6) is 1.35. The summed E-state index contributed by atoms with van der Waals surface area (Å²) in [4.78, 5) is 18.2. The Balaban J connectivity index is 1.77. The van der Waals surface area contributed by atoms with Crippen LogP contribution in [-0.2, 0) is 0 Å². The number of aromatic nitrogens is 3. The molecular weight excluding hydrogens is 290 g/mol. The Labute approximate surface area is 136 Å². The van der Waals surface area contributed by atoms with Crippen molar-refractivity contribution < 1.29 is 4.79 Å². The molecule has 1 saturated heterocycles. The van der Waals surface area contributed by atoms with Gasteiger partial charge in [0.15, 0.2) is 11.6 Å². The van der Waals surface area contributed by atoms with Crippen molar-refractivity contribution in [2.24, 2.45) is 0 Å². The summed E-state index contributed by atoms with van der Waals surface area (Å²) in [7, 11) is 0. The van der Waals surface area contributed by atoms with Crippen LogP contribution in [0.25, 0.3) is 0 Å². The van der Waals surface area contributed by atoms with Crippen LogP contribution in [-0.4, -0.2) is 34.1 Å². The standard InChI is InChI=1S/C17H21N5O/c1-13(23)14-7-6-8-15(11-14)19-16-12-18-21-17(20-16)22-9-4-2-3-5-10-22/h6-8,11-12H,2-5,9-10H2,1H3,(H,19,20,21). The number of nitrogens with zero attached hydrogens (tertiary/aromatic N) is 4. The van der Waals surface area contributed by atoms with Crippen LogP contribution in [0.2, 0.25) is 0 Å². The maximum atomic E-state index is 11.5. The zero-order chi connectivity index (χ0) is 16.1. The van der Waals surface area contributed by atoms with Crippen LogP contribution < -0.4 is 10.2 Å². The lowest BCUT2D eigenvalue weighted by atomic mass is 10.1. The minimum absolute atomic E-state index is 0.0414. The fraction of sp³-hybridized carbons (Fsp3) is 0.412. The molecule has 0 aliphatic carbocycles.